The maximum Gasteiger partial charge on any atom is 0.391 e. The van der Waals surface area contributed by atoms with Crippen molar-refractivity contribution in [2.45, 2.75) is 38.5 Å². The van der Waals surface area contributed by atoms with E-state index < -0.39 is 18.7 Å². The van der Waals surface area contributed by atoms with Crippen LogP contribution in [0.3, 0.4) is 0 Å². The molecule has 1 atom stereocenters. The van der Waals surface area contributed by atoms with Crippen molar-refractivity contribution in [3.63, 3.8) is 0 Å². The zero-order chi connectivity index (χ0) is 13.6. The molecule has 0 bridgehead atoms. The molecule has 2 nitrogen and oxygen atoms in total. The van der Waals surface area contributed by atoms with E-state index in [4.69, 9.17) is 4.74 Å². The van der Waals surface area contributed by atoms with E-state index in [0.29, 0.717) is 12.4 Å². The first-order valence-electron chi connectivity index (χ1n) is 5.90. The summed E-state index contributed by atoms with van der Waals surface area (Å²) in [5.74, 6) is 0.603. The molecule has 102 valence electrons. The second-order valence-electron chi connectivity index (χ2n) is 4.11. The number of hydrogen-bond donors (Lipinski definition) is 1. The summed E-state index contributed by atoms with van der Waals surface area (Å²) in [5, 5.41) is 9.40. The van der Waals surface area contributed by atoms with Crippen LogP contribution in [0.15, 0.2) is 24.3 Å². The van der Waals surface area contributed by atoms with Crippen molar-refractivity contribution in [1.29, 1.82) is 0 Å². The second-order valence-corrected chi connectivity index (χ2v) is 4.11. The molecule has 0 saturated carbocycles. The molecule has 0 aliphatic rings. The van der Waals surface area contributed by atoms with Gasteiger partial charge in [-0.3, -0.25) is 0 Å². The lowest BCUT2D eigenvalue weighted by Gasteiger charge is -2.14. The van der Waals surface area contributed by atoms with Crippen LogP contribution in [0.2, 0.25) is 0 Å². The fourth-order valence-electron chi connectivity index (χ4n) is 1.46. The topological polar surface area (TPSA) is 29.5 Å². The van der Waals surface area contributed by atoms with E-state index in [1.165, 1.54) is 12.1 Å². The lowest BCUT2D eigenvalue weighted by molar-refractivity contribution is -0.154. The predicted molar refractivity (Wildman–Crippen MR) is 62.5 cm³/mol. The van der Waals surface area contributed by atoms with Crippen molar-refractivity contribution in [2.75, 3.05) is 6.61 Å². The van der Waals surface area contributed by atoms with Gasteiger partial charge in [0, 0.05) is 0 Å². The summed E-state index contributed by atoms with van der Waals surface area (Å²) in [4.78, 5) is 0. The number of hydrogen-bond acceptors (Lipinski definition) is 2. The fourth-order valence-corrected chi connectivity index (χ4v) is 1.46. The van der Waals surface area contributed by atoms with Crippen LogP contribution in [0.4, 0.5) is 13.2 Å². The Hall–Kier alpha value is -1.23. The van der Waals surface area contributed by atoms with Gasteiger partial charge >= 0.3 is 6.18 Å². The Morgan fingerprint density at radius 1 is 1.22 bits per heavy atom. The molecule has 0 saturated heterocycles. The lowest BCUT2D eigenvalue weighted by atomic mass is 10.1. The van der Waals surface area contributed by atoms with Crippen LogP contribution in [0.25, 0.3) is 0 Å². The van der Waals surface area contributed by atoms with Crippen LogP contribution in [-0.2, 0) is 0 Å². The first kappa shape index (κ1) is 14.8. The van der Waals surface area contributed by atoms with E-state index in [1.807, 2.05) is 6.92 Å². The zero-order valence-corrected chi connectivity index (χ0v) is 10.2. The number of alkyl halides is 3. The average molecular weight is 262 g/mol. The van der Waals surface area contributed by atoms with Crippen molar-refractivity contribution in [3.8, 4) is 5.75 Å². The van der Waals surface area contributed by atoms with Gasteiger partial charge in [0.05, 0.1) is 19.1 Å². The Morgan fingerprint density at radius 2 is 1.83 bits per heavy atom. The van der Waals surface area contributed by atoms with Crippen LogP contribution < -0.4 is 4.74 Å². The van der Waals surface area contributed by atoms with Crippen LogP contribution in [0.5, 0.6) is 5.75 Å². The van der Waals surface area contributed by atoms with Crippen LogP contribution in [-0.4, -0.2) is 17.9 Å². The van der Waals surface area contributed by atoms with Gasteiger partial charge < -0.3 is 9.84 Å². The van der Waals surface area contributed by atoms with Gasteiger partial charge in [-0.1, -0.05) is 25.5 Å². The molecule has 0 spiro atoms. The van der Waals surface area contributed by atoms with E-state index >= 15 is 0 Å². The number of unbranched alkanes of at least 4 members (excludes halogenated alkanes) is 1. The summed E-state index contributed by atoms with van der Waals surface area (Å²) in [6, 6.07) is 6.06. The van der Waals surface area contributed by atoms with Crippen molar-refractivity contribution in [3.05, 3.63) is 29.8 Å². The molecule has 0 amide bonds. The van der Waals surface area contributed by atoms with Crippen molar-refractivity contribution in [1.82, 2.24) is 0 Å². The Labute approximate surface area is 104 Å². The van der Waals surface area contributed by atoms with E-state index in [-0.39, 0.29) is 5.56 Å². The normalized spacial score (nSPS) is 13.4. The first-order chi connectivity index (χ1) is 8.42. The Balaban J connectivity index is 2.54. The summed E-state index contributed by atoms with van der Waals surface area (Å²) < 4.78 is 41.7. The van der Waals surface area contributed by atoms with Gasteiger partial charge in [0.1, 0.15) is 5.75 Å². The summed E-state index contributed by atoms with van der Waals surface area (Å²) in [6.07, 6.45) is -5.17. The Morgan fingerprint density at radius 3 is 2.33 bits per heavy atom. The molecule has 1 N–H and O–H groups in total. The van der Waals surface area contributed by atoms with Crippen LogP contribution >= 0.6 is 0 Å². The molecule has 0 heterocycles. The minimum atomic E-state index is -4.37. The van der Waals surface area contributed by atoms with Crippen molar-refractivity contribution in [2.24, 2.45) is 0 Å². The highest BCUT2D eigenvalue weighted by Gasteiger charge is 2.31. The predicted octanol–water partition coefficient (Wildman–Crippen LogP) is 3.85. The van der Waals surface area contributed by atoms with E-state index in [1.54, 1.807) is 12.1 Å². The third-order valence-electron chi connectivity index (χ3n) is 2.46. The Kier molecular flexibility index (Phi) is 5.47. The molecular formula is C13H17F3O2. The maximum absolute atomic E-state index is 12.1. The van der Waals surface area contributed by atoms with Crippen LogP contribution in [0.1, 0.15) is 37.9 Å². The number of benzene rings is 1. The van der Waals surface area contributed by atoms with Gasteiger partial charge in [0.15, 0.2) is 0 Å². The summed E-state index contributed by atoms with van der Waals surface area (Å²) in [5.41, 5.74) is 0.246. The molecular weight excluding hydrogens is 245 g/mol. The first-order valence-corrected chi connectivity index (χ1v) is 5.90. The molecule has 0 aromatic heterocycles. The van der Waals surface area contributed by atoms with Gasteiger partial charge in [-0.25, -0.2) is 0 Å². The van der Waals surface area contributed by atoms with Crippen molar-refractivity contribution < 1.29 is 23.0 Å². The standard InChI is InChI=1S/C13H17F3O2/c1-2-3-8-18-11-6-4-10(5-7-11)12(17)9-13(14,15)16/h4-7,12,17H,2-3,8-9H2,1H3. The van der Waals surface area contributed by atoms with Gasteiger partial charge in [-0.05, 0) is 24.1 Å². The second kappa shape index (κ2) is 6.64. The highest BCUT2D eigenvalue weighted by molar-refractivity contribution is 5.28. The van der Waals surface area contributed by atoms with E-state index in [9.17, 15) is 18.3 Å². The molecule has 1 unspecified atom stereocenters. The molecule has 1 aromatic rings. The fraction of sp³-hybridized carbons (Fsp3) is 0.538. The number of aliphatic hydroxyl groups excluding tert-OH is 1. The summed E-state index contributed by atoms with van der Waals surface area (Å²) in [6.45, 7) is 2.63. The maximum atomic E-state index is 12.1. The molecule has 5 heteroatoms. The average Bonchev–Trinajstić information content (AvgIpc) is 2.28. The number of rotatable bonds is 6. The van der Waals surface area contributed by atoms with Gasteiger partial charge in [0.2, 0.25) is 0 Å². The highest BCUT2D eigenvalue weighted by atomic mass is 19.4. The van der Waals surface area contributed by atoms with Crippen molar-refractivity contribution >= 4 is 0 Å². The molecule has 0 aliphatic carbocycles. The highest BCUT2D eigenvalue weighted by Crippen LogP contribution is 2.29. The molecule has 1 rings (SSSR count). The largest absolute Gasteiger partial charge is 0.494 e. The zero-order valence-electron chi connectivity index (χ0n) is 10.2. The molecule has 0 aliphatic heterocycles. The van der Waals surface area contributed by atoms with Gasteiger partial charge in [0.25, 0.3) is 0 Å². The minimum absolute atomic E-state index is 0.246. The molecule has 1 aromatic carbocycles. The number of ether oxygens (including phenoxy) is 1. The lowest BCUT2D eigenvalue weighted by Crippen LogP contribution is -2.13. The SMILES string of the molecule is CCCCOc1ccc(C(O)CC(F)(F)F)cc1. The quantitative estimate of drug-likeness (QED) is 0.789. The summed E-state index contributed by atoms with van der Waals surface area (Å²) >= 11 is 0. The third kappa shape index (κ3) is 5.40. The van der Waals surface area contributed by atoms with E-state index in [0.717, 1.165) is 12.8 Å². The smallest absolute Gasteiger partial charge is 0.391 e. The van der Waals surface area contributed by atoms with Crippen LogP contribution in [0, 0.1) is 0 Å². The molecule has 18 heavy (non-hydrogen) atoms. The Bertz CT molecular complexity index is 346. The molecule has 0 radical (unpaired) electrons. The number of aliphatic hydroxyl groups is 1. The minimum Gasteiger partial charge on any atom is -0.494 e. The summed E-state index contributed by atoms with van der Waals surface area (Å²) in [7, 11) is 0. The van der Waals surface area contributed by atoms with E-state index in [2.05, 4.69) is 0 Å². The number of halogens is 3. The monoisotopic (exact) mass is 262 g/mol. The third-order valence-corrected chi connectivity index (χ3v) is 2.46. The van der Waals surface area contributed by atoms with Gasteiger partial charge in [-0.2, -0.15) is 13.2 Å². The van der Waals surface area contributed by atoms with Gasteiger partial charge in [-0.15, -0.1) is 0 Å². The molecule has 0 fully saturated rings.